The Morgan fingerprint density at radius 1 is 1.62 bits per heavy atom. The van der Waals surface area contributed by atoms with E-state index in [1.165, 1.54) is 11.0 Å². The topological polar surface area (TPSA) is 51.0 Å². The highest BCUT2D eigenvalue weighted by Crippen LogP contribution is 2.01. The Hall–Kier alpha value is -1.39. The van der Waals surface area contributed by atoms with Gasteiger partial charge in [0.1, 0.15) is 0 Å². The fourth-order valence-electron chi connectivity index (χ4n) is 0.859. The van der Waals surface area contributed by atoms with Crippen LogP contribution < -0.4 is 0 Å². The van der Waals surface area contributed by atoms with Crippen LogP contribution in [0.5, 0.6) is 0 Å². The second-order valence-corrected chi connectivity index (χ2v) is 3.23. The summed E-state index contributed by atoms with van der Waals surface area (Å²) in [7, 11) is 3.44. The summed E-state index contributed by atoms with van der Waals surface area (Å²) in [4.78, 5) is 14.6. The van der Waals surface area contributed by atoms with Crippen molar-refractivity contribution in [2.75, 3.05) is 7.05 Å². The number of aryl methyl sites for hydroxylation is 1. The van der Waals surface area contributed by atoms with Crippen molar-refractivity contribution in [1.82, 2.24) is 19.9 Å². The van der Waals surface area contributed by atoms with Crippen molar-refractivity contribution < 1.29 is 4.79 Å². The molecule has 1 amide bonds. The highest BCUT2D eigenvalue weighted by molar-refractivity contribution is 5.91. The van der Waals surface area contributed by atoms with Gasteiger partial charge in [0.2, 0.25) is 0 Å². The lowest BCUT2D eigenvalue weighted by Crippen LogP contribution is -2.33. The van der Waals surface area contributed by atoms with Crippen molar-refractivity contribution in [3.63, 3.8) is 0 Å². The maximum atomic E-state index is 11.6. The van der Waals surface area contributed by atoms with Gasteiger partial charge < -0.3 is 4.90 Å². The molecule has 5 heteroatoms. The van der Waals surface area contributed by atoms with Crippen molar-refractivity contribution in [3.8, 4) is 0 Å². The van der Waals surface area contributed by atoms with E-state index in [2.05, 4.69) is 10.2 Å². The lowest BCUT2D eigenvalue weighted by Gasteiger charge is -2.19. The summed E-state index contributed by atoms with van der Waals surface area (Å²) in [5.74, 6) is -0.0944. The fourth-order valence-corrected chi connectivity index (χ4v) is 0.859. The van der Waals surface area contributed by atoms with Crippen LogP contribution in [-0.2, 0) is 7.05 Å². The van der Waals surface area contributed by atoms with Gasteiger partial charge in [-0.05, 0) is 13.8 Å². The molecule has 0 saturated heterocycles. The SMILES string of the molecule is CC(C)N(C)C(=O)c1cnn(C)n1. The lowest BCUT2D eigenvalue weighted by molar-refractivity contribution is 0.0748. The highest BCUT2D eigenvalue weighted by Gasteiger charge is 2.16. The van der Waals surface area contributed by atoms with Gasteiger partial charge in [-0.3, -0.25) is 4.79 Å². The first kappa shape index (κ1) is 9.70. The van der Waals surface area contributed by atoms with E-state index in [0.29, 0.717) is 5.69 Å². The maximum Gasteiger partial charge on any atom is 0.276 e. The van der Waals surface area contributed by atoms with Gasteiger partial charge in [-0.25, -0.2) is 0 Å². The van der Waals surface area contributed by atoms with Crippen LogP contribution in [0, 0.1) is 0 Å². The molecule has 1 aromatic rings. The third kappa shape index (κ3) is 2.05. The number of hydrogen-bond donors (Lipinski definition) is 0. The molecular formula is C8H14N4O. The van der Waals surface area contributed by atoms with Crippen molar-refractivity contribution >= 4 is 5.91 Å². The molecule has 0 atom stereocenters. The second-order valence-electron chi connectivity index (χ2n) is 3.23. The number of aromatic nitrogens is 3. The van der Waals surface area contributed by atoms with Crippen LogP contribution in [0.25, 0.3) is 0 Å². The Balaban J connectivity index is 2.79. The lowest BCUT2D eigenvalue weighted by atomic mass is 10.3. The van der Waals surface area contributed by atoms with E-state index in [-0.39, 0.29) is 11.9 Å². The first-order valence-corrected chi connectivity index (χ1v) is 4.16. The summed E-state index contributed by atoms with van der Waals surface area (Å²) >= 11 is 0. The Kier molecular flexibility index (Phi) is 2.65. The molecule has 5 nitrogen and oxygen atoms in total. The van der Waals surface area contributed by atoms with Crippen LogP contribution in [0.1, 0.15) is 24.3 Å². The highest BCUT2D eigenvalue weighted by atomic mass is 16.2. The predicted octanol–water partition coefficient (Wildman–Crippen LogP) is 0.295. The van der Waals surface area contributed by atoms with E-state index in [0.717, 1.165) is 0 Å². The zero-order chi connectivity index (χ0) is 10.0. The number of carbonyl (C=O) groups excluding carboxylic acids is 1. The van der Waals surface area contributed by atoms with Gasteiger partial charge in [-0.15, -0.1) is 5.10 Å². The zero-order valence-corrected chi connectivity index (χ0v) is 8.35. The van der Waals surface area contributed by atoms with Crippen LogP contribution in [0.3, 0.4) is 0 Å². The van der Waals surface area contributed by atoms with Gasteiger partial charge in [-0.1, -0.05) is 0 Å². The number of hydrogen-bond acceptors (Lipinski definition) is 3. The first-order chi connectivity index (χ1) is 6.02. The van der Waals surface area contributed by atoms with Crippen LogP contribution in [0.15, 0.2) is 6.20 Å². The molecule has 13 heavy (non-hydrogen) atoms. The molecule has 0 bridgehead atoms. The monoisotopic (exact) mass is 182 g/mol. The summed E-state index contributed by atoms with van der Waals surface area (Å²) in [5.41, 5.74) is 0.388. The van der Waals surface area contributed by atoms with E-state index in [9.17, 15) is 4.79 Å². The third-order valence-electron chi connectivity index (χ3n) is 1.91. The molecule has 1 heterocycles. The summed E-state index contributed by atoms with van der Waals surface area (Å²) in [6, 6.07) is 0.175. The minimum absolute atomic E-state index is 0.0944. The second kappa shape index (κ2) is 3.55. The quantitative estimate of drug-likeness (QED) is 0.660. The van der Waals surface area contributed by atoms with Gasteiger partial charge in [0.05, 0.1) is 6.20 Å². The van der Waals surface area contributed by atoms with Crippen molar-refractivity contribution in [3.05, 3.63) is 11.9 Å². The molecule has 72 valence electrons. The fraction of sp³-hybridized carbons (Fsp3) is 0.625. The third-order valence-corrected chi connectivity index (χ3v) is 1.91. The predicted molar refractivity (Wildman–Crippen MR) is 48.2 cm³/mol. The minimum atomic E-state index is -0.0944. The van der Waals surface area contributed by atoms with Crippen LogP contribution in [-0.4, -0.2) is 38.9 Å². The summed E-state index contributed by atoms with van der Waals surface area (Å²) in [6.45, 7) is 3.91. The van der Waals surface area contributed by atoms with Crippen molar-refractivity contribution in [2.45, 2.75) is 19.9 Å². The molecule has 0 aliphatic heterocycles. The van der Waals surface area contributed by atoms with E-state index >= 15 is 0 Å². The van der Waals surface area contributed by atoms with Crippen LogP contribution in [0.4, 0.5) is 0 Å². The van der Waals surface area contributed by atoms with Crippen LogP contribution >= 0.6 is 0 Å². The average molecular weight is 182 g/mol. The van der Waals surface area contributed by atoms with E-state index in [4.69, 9.17) is 0 Å². The van der Waals surface area contributed by atoms with Crippen LogP contribution in [0.2, 0.25) is 0 Å². The molecule has 0 aliphatic carbocycles. The molecule has 0 aromatic carbocycles. The van der Waals surface area contributed by atoms with Gasteiger partial charge in [0.15, 0.2) is 5.69 Å². The van der Waals surface area contributed by atoms with Gasteiger partial charge in [0, 0.05) is 20.1 Å². The molecule has 0 saturated carbocycles. The number of nitrogens with zero attached hydrogens (tertiary/aromatic N) is 4. The largest absolute Gasteiger partial charge is 0.338 e. The molecule has 0 radical (unpaired) electrons. The van der Waals surface area contributed by atoms with Gasteiger partial charge in [0.25, 0.3) is 5.91 Å². The molecule has 0 N–H and O–H groups in total. The molecule has 1 rings (SSSR count). The summed E-state index contributed by atoms with van der Waals surface area (Å²) in [6.07, 6.45) is 1.47. The average Bonchev–Trinajstić information content (AvgIpc) is 2.49. The van der Waals surface area contributed by atoms with E-state index in [1.807, 2.05) is 13.8 Å². The molecule has 0 aliphatic rings. The van der Waals surface area contributed by atoms with Crippen molar-refractivity contribution in [2.24, 2.45) is 7.05 Å². The Bertz CT molecular complexity index is 305. The normalized spacial score (nSPS) is 10.5. The number of carbonyl (C=O) groups is 1. The Morgan fingerprint density at radius 3 is 2.62 bits per heavy atom. The smallest absolute Gasteiger partial charge is 0.276 e. The summed E-state index contributed by atoms with van der Waals surface area (Å²) in [5, 5.41) is 7.77. The number of rotatable bonds is 2. The van der Waals surface area contributed by atoms with Crippen molar-refractivity contribution in [1.29, 1.82) is 0 Å². The minimum Gasteiger partial charge on any atom is -0.338 e. The Morgan fingerprint density at radius 2 is 2.23 bits per heavy atom. The Labute approximate surface area is 77.3 Å². The standard InChI is InChI=1S/C8H14N4O/c1-6(2)11(3)8(13)7-5-9-12(4)10-7/h5-6H,1-4H3. The molecule has 0 unspecified atom stereocenters. The van der Waals surface area contributed by atoms with E-state index < -0.39 is 0 Å². The number of amides is 1. The zero-order valence-electron chi connectivity index (χ0n) is 8.35. The van der Waals surface area contributed by atoms with E-state index in [1.54, 1.807) is 19.0 Å². The molecule has 0 fully saturated rings. The molecular weight excluding hydrogens is 168 g/mol. The van der Waals surface area contributed by atoms with Gasteiger partial charge >= 0.3 is 0 Å². The molecule has 0 spiro atoms. The maximum absolute atomic E-state index is 11.6. The molecule has 1 aromatic heterocycles. The first-order valence-electron chi connectivity index (χ1n) is 4.16. The summed E-state index contributed by atoms with van der Waals surface area (Å²) < 4.78 is 0. The van der Waals surface area contributed by atoms with Gasteiger partial charge in [-0.2, -0.15) is 9.90 Å².